The molecule has 0 aliphatic carbocycles. The van der Waals surface area contributed by atoms with Crippen LogP contribution in [0.15, 0.2) is 72.1 Å². The average Bonchev–Trinajstić information content (AvgIpc) is 3.22. The van der Waals surface area contributed by atoms with Crippen LogP contribution in [-0.4, -0.2) is 33.1 Å². The topological polar surface area (TPSA) is 69.9 Å². The van der Waals surface area contributed by atoms with Crippen LogP contribution < -0.4 is 4.74 Å². The lowest BCUT2D eigenvalue weighted by atomic mass is 10.1. The van der Waals surface area contributed by atoms with Gasteiger partial charge in [-0.05, 0) is 54.6 Å². The van der Waals surface area contributed by atoms with Gasteiger partial charge in [-0.3, -0.25) is 14.3 Å². The molecule has 30 heavy (non-hydrogen) atoms. The standard InChI is InChI=1S/C22H17ClN4O2S/c1-29-20-7-2-15(13-28)12-17(20)14-30-22-26-25-21(16-8-10-24-11-9-16)27(22)19-5-3-18(23)4-6-19/h2-13H,14H2,1H3. The number of carbonyl (C=O) groups excluding carboxylic acids is 1. The van der Waals surface area contributed by atoms with Crippen molar-refractivity contribution in [1.29, 1.82) is 0 Å². The third-order valence-electron chi connectivity index (χ3n) is 4.45. The van der Waals surface area contributed by atoms with Gasteiger partial charge in [0.2, 0.25) is 0 Å². The van der Waals surface area contributed by atoms with Crippen LogP contribution in [0.4, 0.5) is 0 Å². The molecule has 6 nitrogen and oxygen atoms in total. The lowest BCUT2D eigenvalue weighted by Gasteiger charge is -2.12. The second-order valence-corrected chi connectivity index (χ2v) is 7.71. The van der Waals surface area contributed by atoms with Crippen molar-refractivity contribution < 1.29 is 9.53 Å². The number of hydrogen-bond acceptors (Lipinski definition) is 6. The molecule has 0 aliphatic rings. The third-order valence-corrected chi connectivity index (χ3v) is 5.68. The number of nitrogens with zero attached hydrogens (tertiary/aromatic N) is 4. The van der Waals surface area contributed by atoms with Crippen molar-refractivity contribution in [3.05, 3.63) is 83.1 Å². The highest BCUT2D eigenvalue weighted by molar-refractivity contribution is 7.98. The fraction of sp³-hybridized carbons (Fsp3) is 0.0909. The van der Waals surface area contributed by atoms with Gasteiger partial charge in [0.25, 0.3) is 0 Å². The lowest BCUT2D eigenvalue weighted by Crippen LogP contribution is -2.00. The van der Waals surface area contributed by atoms with E-state index < -0.39 is 0 Å². The Labute approximate surface area is 182 Å². The first-order chi connectivity index (χ1) is 14.7. The van der Waals surface area contributed by atoms with E-state index in [-0.39, 0.29) is 0 Å². The third kappa shape index (κ3) is 4.22. The van der Waals surface area contributed by atoms with Gasteiger partial charge in [-0.1, -0.05) is 23.4 Å². The van der Waals surface area contributed by atoms with Gasteiger partial charge < -0.3 is 4.74 Å². The fourth-order valence-corrected chi connectivity index (χ4v) is 4.06. The second kappa shape index (κ2) is 9.11. The second-order valence-electron chi connectivity index (χ2n) is 6.33. The number of methoxy groups -OCH3 is 1. The summed E-state index contributed by atoms with van der Waals surface area (Å²) in [5, 5.41) is 10.2. The Hall–Kier alpha value is -3.16. The molecule has 0 spiro atoms. The Morgan fingerprint density at radius 2 is 1.83 bits per heavy atom. The van der Waals surface area contributed by atoms with Crippen molar-refractivity contribution in [3.63, 3.8) is 0 Å². The number of halogens is 1. The SMILES string of the molecule is COc1ccc(C=O)cc1CSc1nnc(-c2ccncc2)n1-c1ccc(Cl)cc1. The summed E-state index contributed by atoms with van der Waals surface area (Å²) < 4.78 is 7.42. The Bertz CT molecular complexity index is 1160. The summed E-state index contributed by atoms with van der Waals surface area (Å²) in [5.74, 6) is 1.99. The van der Waals surface area contributed by atoms with E-state index in [2.05, 4.69) is 15.2 Å². The summed E-state index contributed by atoms with van der Waals surface area (Å²) in [4.78, 5) is 15.3. The molecule has 4 rings (SSSR count). The highest BCUT2D eigenvalue weighted by Crippen LogP contribution is 2.32. The smallest absolute Gasteiger partial charge is 0.196 e. The first-order valence-corrected chi connectivity index (χ1v) is 10.4. The largest absolute Gasteiger partial charge is 0.496 e. The minimum Gasteiger partial charge on any atom is -0.496 e. The molecular weight excluding hydrogens is 420 g/mol. The van der Waals surface area contributed by atoms with Crippen LogP contribution in [0.1, 0.15) is 15.9 Å². The van der Waals surface area contributed by atoms with Crippen molar-refractivity contribution in [2.24, 2.45) is 0 Å². The molecule has 4 aromatic rings. The summed E-state index contributed by atoms with van der Waals surface area (Å²) >= 11 is 7.58. The van der Waals surface area contributed by atoms with Gasteiger partial charge >= 0.3 is 0 Å². The van der Waals surface area contributed by atoms with Crippen molar-refractivity contribution in [2.45, 2.75) is 10.9 Å². The first-order valence-electron chi connectivity index (χ1n) is 9.06. The van der Waals surface area contributed by atoms with Crippen LogP contribution in [0.3, 0.4) is 0 Å². The van der Waals surface area contributed by atoms with E-state index in [4.69, 9.17) is 16.3 Å². The molecule has 2 heterocycles. The number of aldehydes is 1. The average molecular weight is 437 g/mol. The van der Waals surface area contributed by atoms with Gasteiger partial charge in [0.15, 0.2) is 11.0 Å². The van der Waals surface area contributed by atoms with E-state index >= 15 is 0 Å². The molecule has 2 aromatic heterocycles. The molecule has 0 unspecified atom stereocenters. The molecule has 0 amide bonds. The van der Waals surface area contributed by atoms with Crippen LogP contribution >= 0.6 is 23.4 Å². The zero-order valence-corrected chi connectivity index (χ0v) is 17.6. The number of hydrogen-bond donors (Lipinski definition) is 0. The molecule has 0 aliphatic heterocycles. The Kier molecular flexibility index (Phi) is 6.11. The number of aromatic nitrogens is 4. The minimum absolute atomic E-state index is 0.562. The molecule has 2 aromatic carbocycles. The zero-order chi connectivity index (χ0) is 20.9. The lowest BCUT2D eigenvalue weighted by molar-refractivity contribution is 0.112. The van der Waals surface area contributed by atoms with Gasteiger partial charge in [-0.25, -0.2) is 0 Å². The predicted molar refractivity (Wildman–Crippen MR) is 118 cm³/mol. The Morgan fingerprint density at radius 1 is 1.07 bits per heavy atom. The quantitative estimate of drug-likeness (QED) is 0.296. The summed E-state index contributed by atoms with van der Waals surface area (Å²) in [6.45, 7) is 0. The minimum atomic E-state index is 0.562. The van der Waals surface area contributed by atoms with Crippen LogP contribution in [0.5, 0.6) is 5.75 Å². The number of ether oxygens (including phenoxy) is 1. The van der Waals surface area contributed by atoms with E-state index in [0.717, 1.165) is 28.8 Å². The number of rotatable bonds is 7. The van der Waals surface area contributed by atoms with E-state index in [1.807, 2.05) is 47.0 Å². The normalized spacial score (nSPS) is 10.7. The number of thioether (sulfide) groups is 1. The van der Waals surface area contributed by atoms with Gasteiger partial charge in [-0.2, -0.15) is 0 Å². The summed E-state index contributed by atoms with van der Waals surface area (Å²) in [6.07, 6.45) is 4.27. The van der Waals surface area contributed by atoms with Crippen molar-refractivity contribution in [3.8, 4) is 22.8 Å². The molecule has 150 valence electrons. The van der Waals surface area contributed by atoms with Crippen LogP contribution in [-0.2, 0) is 5.75 Å². The zero-order valence-electron chi connectivity index (χ0n) is 16.0. The molecule has 8 heteroatoms. The monoisotopic (exact) mass is 436 g/mol. The molecule has 0 saturated heterocycles. The van der Waals surface area contributed by atoms with E-state index in [1.54, 1.807) is 31.6 Å². The Balaban J connectivity index is 1.73. The number of benzene rings is 2. The molecule has 0 bridgehead atoms. The van der Waals surface area contributed by atoms with Gasteiger partial charge in [0, 0.05) is 45.5 Å². The maximum atomic E-state index is 11.2. The first kappa shape index (κ1) is 20.1. The highest BCUT2D eigenvalue weighted by Gasteiger charge is 2.17. The maximum absolute atomic E-state index is 11.2. The van der Waals surface area contributed by atoms with Crippen molar-refractivity contribution in [1.82, 2.24) is 19.7 Å². The summed E-state index contributed by atoms with van der Waals surface area (Å²) in [5.41, 5.74) is 3.30. The maximum Gasteiger partial charge on any atom is 0.196 e. The van der Waals surface area contributed by atoms with Crippen LogP contribution in [0.25, 0.3) is 17.1 Å². The van der Waals surface area contributed by atoms with Crippen LogP contribution in [0.2, 0.25) is 5.02 Å². The number of carbonyl (C=O) groups is 1. The fourth-order valence-electron chi connectivity index (χ4n) is 3.00. The van der Waals surface area contributed by atoms with Gasteiger partial charge in [0.1, 0.15) is 12.0 Å². The summed E-state index contributed by atoms with van der Waals surface area (Å²) in [7, 11) is 1.61. The van der Waals surface area contributed by atoms with E-state index in [1.165, 1.54) is 11.8 Å². The Morgan fingerprint density at radius 3 is 2.53 bits per heavy atom. The number of pyridine rings is 1. The van der Waals surface area contributed by atoms with E-state index in [9.17, 15) is 4.79 Å². The molecular formula is C22H17ClN4O2S. The van der Waals surface area contributed by atoms with Gasteiger partial charge in [-0.15, -0.1) is 10.2 Å². The predicted octanol–water partition coefficient (Wildman–Crippen LogP) is 5.10. The molecule has 0 N–H and O–H groups in total. The van der Waals surface area contributed by atoms with E-state index in [0.29, 0.717) is 27.3 Å². The highest BCUT2D eigenvalue weighted by atomic mass is 35.5. The molecule has 0 radical (unpaired) electrons. The molecule has 0 fully saturated rings. The van der Waals surface area contributed by atoms with Crippen molar-refractivity contribution >= 4 is 29.6 Å². The summed E-state index contributed by atoms with van der Waals surface area (Å²) in [6, 6.07) is 16.6. The molecule has 0 atom stereocenters. The molecule has 0 saturated carbocycles. The van der Waals surface area contributed by atoms with Gasteiger partial charge in [0.05, 0.1) is 7.11 Å². The van der Waals surface area contributed by atoms with Crippen LogP contribution in [0, 0.1) is 0 Å². The van der Waals surface area contributed by atoms with Crippen molar-refractivity contribution in [2.75, 3.05) is 7.11 Å².